The van der Waals surface area contributed by atoms with Crippen LogP contribution in [0.2, 0.25) is 0 Å². The van der Waals surface area contributed by atoms with Crippen molar-refractivity contribution >= 4 is 17.2 Å². The molecule has 2 aliphatic carbocycles. The largest absolute Gasteiger partial charge is 0.382 e. The lowest BCUT2D eigenvalue weighted by Crippen LogP contribution is -2.33. The van der Waals surface area contributed by atoms with Gasteiger partial charge in [0.05, 0.1) is 5.69 Å². The number of rotatable bonds is 5. The average Bonchev–Trinajstić information content (AvgIpc) is 3.23. The monoisotopic (exact) mass is 300 g/mol. The molecule has 2 saturated carbocycles. The van der Waals surface area contributed by atoms with E-state index < -0.39 is 0 Å². The number of nitrogens with one attached hydrogen (secondary N) is 2. The molecule has 6 nitrogen and oxygen atoms in total. The first-order valence-electron chi connectivity index (χ1n) is 8.38. The third kappa shape index (κ3) is 3.02. The fourth-order valence-electron chi connectivity index (χ4n) is 3.17. The van der Waals surface area contributed by atoms with Crippen LogP contribution in [0.3, 0.4) is 0 Å². The maximum Gasteiger partial charge on any atom is 0.177 e. The molecule has 0 aliphatic heterocycles. The van der Waals surface area contributed by atoms with Crippen LogP contribution >= 0.6 is 0 Å². The number of fused-ring (bicyclic) bond motifs is 1. The fourth-order valence-corrected chi connectivity index (χ4v) is 3.17. The van der Waals surface area contributed by atoms with Gasteiger partial charge in [-0.2, -0.15) is 0 Å². The van der Waals surface area contributed by atoms with Gasteiger partial charge < -0.3 is 16.4 Å². The van der Waals surface area contributed by atoms with Crippen LogP contribution in [0, 0.1) is 5.92 Å². The van der Waals surface area contributed by atoms with Crippen molar-refractivity contribution in [2.75, 3.05) is 17.2 Å². The molecule has 2 aromatic heterocycles. The number of aromatic nitrogens is 3. The fraction of sp³-hybridized carbons (Fsp3) is 0.625. The summed E-state index contributed by atoms with van der Waals surface area (Å²) in [4.78, 5) is 4.41. The average molecular weight is 300 g/mol. The second-order valence-corrected chi connectivity index (χ2v) is 6.72. The molecule has 118 valence electrons. The van der Waals surface area contributed by atoms with Crippen LogP contribution in [0.5, 0.6) is 0 Å². The molecule has 0 atom stereocenters. The van der Waals surface area contributed by atoms with Gasteiger partial charge in [0.15, 0.2) is 5.65 Å². The zero-order valence-electron chi connectivity index (χ0n) is 12.8. The quantitative estimate of drug-likeness (QED) is 0.789. The van der Waals surface area contributed by atoms with Crippen molar-refractivity contribution in [2.45, 2.75) is 50.6 Å². The molecule has 0 spiro atoms. The lowest BCUT2D eigenvalue weighted by atomic mass is 9.92. The Morgan fingerprint density at radius 2 is 2.00 bits per heavy atom. The Morgan fingerprint density at radius 1 is 1.18 bits per heavy atom. The van der Waals surface area contributed by atoms with E-state index in [-0.39, 0.29) is 0 Å². The van der Waals surface area contributed by atoms with Gasteiger partial charge >= 0.3 is 0 Å². The molecular weight excluding hydrogens is 276 g/mol. The highest BCUT2D eigenvalue weighted by molar-refractivity contribution is 5.70. The summed E-state index contributed by atoms with van der Waals surface area (Å²) < 4.78 is 1.85. The van der Waals surface area contributed by atoms with Crippen molar-refractivity contribution in [3.8, 4) is 0 Å². The van der Waals surface area contributed by atoms with Gasteiger partial charge in [0.2, 0.25) is 0 Å². The Hall–Kier alpha value is -1.82. The van der Waals surface area contributed by atoms with Crippen molar-refractivity contribution in [1.29, 1.82) is 0 Å². The van der Waals surface area contributed by atoms with Crippen molar-refractivity contribution < 1.29 is 0 Å². The Balaban J connectivity index is 1.52. The van der Waals surface area contributed by atoms with Crippen LogP contribution < -0.4 is 16.4 Å². The lowest BCUT2D eigenvalue weighted by Gasteiger charge is -2.27. The van der Waals surface area contributed by atoms with E-state index in [2.05, 4.69) is 26.8 Å². The highest BCUT2D eigenvalue weighted by Crippen LogP contribution is 2.30. The summed E-state index contributed by atoms with van der Waals surface area (Å²) in [6.45, 7) is 1.03. The minimum Gasteiger partial charge on any atom is -0.382 e. The molecule has 0 radical (unpaired) electrons. The number of hydrogen-bond acceptors (Lipinski definition) is 5. The molecule has 0 unspecified atom stereocenters. The number of imidazole rings is 1. The SMILES string of the molecule is NC1CCC(Nc2cc(NCC3CC3)c3nccn3n2)CC1. The van der Waals surface area contributed by atoms with E-state index in [1.54, 1.807) is 6.20 Å². The van der Waals surface area contributed by atoms with Crippen LogP contribution in [0.25, 0.3) is 5.65 Å². The van der Waals surface area contributed by atoms with Crippen LogP contribution in [0.1, 0.15) is 38.5 Å². The molecule has 2 aromatic rings. The minimum atomic E-state index is 0.373. The predicted molar refractivity (Wildman–Crippen MR) is 88.1 cm³/mol. The first kappa shape index (κ1) is 13.8. The van der Waals surface area contributed by atoms with Crippen LogP contribution in [0.15, 0.2) is 18.5 Å². The standard InChI is InChI=1S/C16H24N6/c17-12-3-5-13(6-4-12)20-15-9-14(19-10-11-1-2-11)16-18-7-8-22(16)21-15/h7-9,11-13,19H,1-6,10,17H2,(H,20,21). The topological polar surface area (TPSA) is 80.3 Å². The van der Waals surface area contributed by atoms with Crippen LogP contribution in [0.4, 0.5) is 11.5 Å². The highest BCUT2D eigenvalue weighted by atomic mass is 15.3. The summed E-state index contributed by atoms with van der Waals surface area (Å²) >= 11 is 0. The smallest absolute Gasteiger partial charge is 0.177 e. The molecule has 0 bridgehead atoms. The number of hydrogen-bond donors (Lipinski definition) is 3. The van der Waals surface area contributed by atoms with Gasteiger partial charge in [0, 0.05) is 37.1 Å². The van der Waals surface area contributed by atoms with E-state index in [1.165, 1.54) is 12.8 Å². The summed E-state index contributed by atoms with van der Waals surface area (Å²) in [6, 6.07) is 2.95. The van der Waals surface area contributed by atoms with Crippen molar-refractivity contribution in [1.82, 2.24) is 14.6 Å². The zero-order valence-corrected chi connectivity index (χ0v) is 12.8. The molecule has 0 amide bonds. The summed E-state index contributed by atoms with van der Waals surface area (Å²) in [6.07, 6.45) is 10.8. The van der Waals surface area contributed by atoms with E-state index in [9.17, 15) is 0 Å². The van der Waals surface area contributed by atoms with Crippen molar-refractivity contribution in [2.24, 2.45) is 11.7 Å². The van der Waals surface area contributed by atoms with Gasteiger partial charge in [0.1, 0.15) is 5.82 Å². The van der Waals surface area contributed by atoms with Crippen LogP contribution in [-0.2, 0) is 0 Å². The predicted octanol–water partition coefficient (Wildman–Crippen LogP) is 2.23. The Kier molecular flexibility index (Phi) is 3.62. The van der Waals surface area contributed by atoms with E-state index in [0.29, 0.717) is 12.1 Å². The van der Waals surface area contributed by atoms with E-state index >= 15 is 0 Å². The molecule has 2 heterocycles. The number of anilines is 2. The summed E-state index contributed by atoms with van der Waals surface area (Å²) in [5, 5.41) is 11.7. The van der Waals surface area contributed by atoms with Gasteiger partial charge in [0.25, 0.3) is 0 Å². The van der Waals surface area contributed by atoms with E-state index in [4.69, 9.17) is 5.73 Å². The molecule has 4 N–H and O–H groups in total. The maximum atomic E-state index is 5.98. The molecule has 22 heavy (non-hydrogen) atoms. The molecule has 2 fully saturated rings. The molecule has 0 aromatic carbocycles. The minimum absolute atomic E-state index is 0.373. The molecule has 4 rings (SSSR count). The summed E-state index contributed by atoms with van der Waals surface area (Å²) in [5.74, 6) is 1.75. The number of nitrogens with zero attached hydrogens (tertiary/aromatic N) is 3. The van der Waals surface area contributed by atoms with Crippen LogP contribution in [-0.4, -0.2) is 33.2 Å². The van der Waals surface area contributed by atoms with Gasteiger partial charge in [-0.15, -0.1) is 5.10 Å². The Labute approximate surface area is 130 Å². The maximum absolute atomic E-state index is 5.98. The first-order valence-corrected chi connectivity index (χ1v) is 8.38. The number of nitrogens with two attached hydrogens (primary N) is 1. The molecule has 6 heteroatoms. The van der Waals surface area contributed by atoms with Crippen molar-refractivity contribution in [3.05, 3.63) is 18.5 Å². The van der Waals surface area contributed by atoms with Gasteiger partial charge in [-0.3, -0.25) is 0 Å². The summed E-state index contributed by atoms with van der Waals surface area (Å²) in [5.41, 5.74) is 7.95. The van der Waals surface area contributed by atoms with E-state index in [1.807, 2.05) is 10.7 Å². The molecular formula is C16H24N6. The van der Waals surface area contributed by atoms with Gasteiger partial charge in [-0.25, -0.2) is 9.50 Å². The second kappa shape index (κ2) is 5.76. The van der Waals surface area contributed by atoms with Gasteiger partial charge in [-0.1, -0.05) is 0 Å². The zero-order chi connectivity index (χ0) is 14.9. The third-order valence-corrected chi connectivity index (χ3v) is 4.76. The Morgan fingerprint density at radius 3 is 2.77 bits per heavy atom. The second-order valence-electron chi connectivity index (χ2n) is 6.72. The normalized spacial score (nSPS) is 25.3. The Bertz CT molecular complexity index is 639. The molecule has 0 saturated heterocycles. The first-order chi connectivity index (χ1) is 10.8. The lowest BCUT2D eigenvalue weighted by molar-refractivity contribution is 0.410. The molecule has 2 aliphatic rings. The van der Waals surface area contributed by atoms with E-state index in [0.717, 1.165) is 55.3 Å². The third-order valence-electron chi connectivity index (χ3n) is 4.76. The van der Waals surface area contributed by atoms with Crippen molar-refractivity contribution in [3.63, 3.8) is 0 Å². The summed E-state index contributed by atoms with van der Waals surface area (Å²) in [7, 11) is 0. The highest BCUT2D eigenvalue weighted by Gasteiger charge is 2.22. The van der Waals surface area contributed by atoms with Gasteiger partial charge in [-0.05, 0) is 44.4 Å².